The number of allylic oxidation sites excluding steroid dienone is 1. The molecule has 1 aromatic heterocycles. The van der Waals surface area contributed by atoms with E-state index in [1.165, 1.54) is 16.7 Å². The lowest BCUT2D eigenvalue weighted by atomic mass is 9.88. The quantitative estimate of drug-likeness (QED) is 0.0854. The van der Waals surface area contributed by atoms with Gasteiger partial charge in [0.05, 0.1) is 18.4 Å². The molecule has 0 spiro atoms. The monoisotopic (exact) mass is 585 g/mol. The minimum Gasteiger partial charge on any atom is -0.492 e. The van der Waals surface area contributed by atoms with Crippen molar-refractivity contribution in [2.24, 2.45) is 5.92 Å². The molecule has 4 aromatic rings. The maximum atomic E-state index is 12.7. The molecule has 1 aliphatic rings. The van der Waals surface area contributed by atoms with E-state index in [-0.39, 0.29) is 12.6 Å². The van der Waals surface area contributed by atoms with Gasteiger partial charge in [-0.2, -0.15) is 5.10 Å². The maximum absolute atomic E-state index is 12.7. The summed E-state index contributed by atoms with van der Waals surface area (Å²) in [5.41, 5.74) is 7.13. The van der Waals surface area contributed by atoms with Gasteiger partial charge in [0, 0.05) is 45.6 Å². The Bertz CT molecular complexity index is 1470. The number of nitrogens with zero attached hydrogens (tertiary/aromatic N) is 3. The molecule has 0 atom stereocenters. The SMILES string of the molecule is CCC(=C(c1ccc(OCCN2CC(CF)C2)cc1)c1ccc2c(cnn2COCC[Si](C)(C)C)c1)c1ccccc1. The van der Waals surface area contributed by atoms with E-state index in [1.807, 2.05) is 10.9 Å². The Labute approximate surface area is 251 Å². The highest BCUT2D eigenvalue weighted by Crippen LogP contribution is 2.36. The maximum Gasteiger partial charge on any atom is 0.139 e. The van der Waals surface area contributed by atoms with Crippen molar-refractivity contribution in [1.29, 1.82) is 0 Å². The standard InChI is InChI=1S/C35H44FN3O2Si/c1-5-33(28-9-7-6-8-10-28)35(29-11-14-32(15-12-29)41-18-17-38-24-27(22-36)25-38)30-13-16-34-31(21-30)23-37-39(34)26-40-19-20-42(2,3)4/h6-16,21,23,27H,5,17-20,22,24-26H2,1-4H3. The highest BCUT2D eigenvalue weighted by molar-refractivity contribution is 6.76. The summed E-state index contributed by atoms with van der Waals surface area (Å²) in [5, 5.41) is 5.75. The lowest BCUT2D eigenvalue weighted by Gasteiger charge is -2.37. The lowest BCUT2D eigenvalue weighted by molar-refractivity contribution is 0.0668. The molecule has 0 unspecified atom stereocenters. The molecule has 5 nitrogen and oxygen atoms in total. The van der Waals surface area contributed by atoms with Gasteiger partial charge in [-0.1, -0.05) is 75.1 Å². The van der Waals surface area contributed by atoms with E-state index in [1.54, 1.807) is 0 Å². The van der Waals surface area contributed by atoms with E-state index in [2.05, 4.69) is 109 Å². The molecular weight excluding hydrogens is 541 g/mol. The zero-order chi connectivity index (χ0) is 29.5. The average Bonchev–Trinajstić information content (AvgIpc) is 3.37. The lowest BCUT2D eigenvalue weighted by Crippen LogP contribution is -2.49. The molecule has 0 radical (unpaired) electrons. The summed E-state index contributed by atoms with van der Waals surface area (Å²) in [4.78, 5) is 2.24. The van der Waals surface area contributed by atoms with Crippen molar-refractivity contribution in [3.8, 4) is 5.75 Å². The summed E-state index contributed by atoms with van der Waals surface area (Å²) in [6, 6.07) is 26.8. The number of aromatic nitrogens is 2. The summed E-state index contributed by atoms with van der Waals surface area (Å²) in [7, 11) is -1.13. The van der Waals surface area contributed by atoms with E-state index in [4.69, 9.17) is 9.47 Å². The van der Waals surface area contributed by atoms with Gasteiger partial charge in [-0.05, 0) is 64.6 Å². The highest BCUT2D eigenvalue weighted by Gasteiger charge is 2.25. The van der Waals surface area contributed by atoms with E-state index in [0.29, 0.717) is 13.3 Å². The van der Waals surface area contributed by atoms with Crippen molar-refractivity contribution in [3.63, 3.8) is 0 Å². The normalized spacial score (nSPS) is 15.1. The van der Waals surface area contributed by atoms with Crippen LogP contribution in [0.4, 0.5) is 4.39 Å². The summed E-state index contributed by atoms with van der Waals surface area (Å²) in [6.07, 6.45) is 2.84. The fourth-order valence-corrected chi connectivity index (χ4v) is 6.28. The largest absolute Gasteiger partial charge is 0.492 e. The molecule has 3 aromatic carbocycles. The molecule has 42 heavy (non-hydrogen) atoms. The van der Waals surface area contributed by atoms with Crippen LogP contribution in [0.1, 0.15) is 30.0 Å². The number of benzene rings is 3. The third kappa shape index (κ3) is 7.57. The van der Waals surface area contributed by atoms with Crippen LogP contribution in [0.2, 0.25) is 25.7 Å². The van der Waals surface area contributed by atoms with Crippen molar-refractivity contribution in [2.75, 3.05) is 39.5 Å². The van der Waals surface area contributed by atoms with Gasteiger partial charge >= 0.3 is 0 Å². The molecule has 0 aliphatic carbocycles. The predicted octanol–water partition coefficient (Wildman–Crippen LogP) is 8.00. The molecule has 1 saturated heterocycles. The minimum absolute atomic E-state index is 0.202. The Kier molecular flexibility index (Phi) is 9.93. The van der Waals surface area contributed by atoms with E-state index in [0.717, 1.165) is 66.5 Å². The average molecular weight is 586 g/mol. The third-order valence-electron chi connectivity index (χ3n) is 7.99. The zero-order valence-corrected chi connectivity index (χ0v) is 26.5. The van der Waals surface area contributed by atoms with Crippen molar-refractivity contribution < 1.29 is 13.9 Å². The number of alkyl halides is 1. The first-order valence-corrected chi connectivity index (χ1v) is 18.9. The number of halogens is 1. The zero-order valence-electron chi connectivity index (χ0n) is 25.5. The van der Waals surface area contributed by atoms with E-state index >= 15 is 0 Å². The molecule has 1 fully saturated rings. The number of likely N-dealkylation sites (tertiary alicyclic amines) is 1. The van der Waals surface area contributed by atoms with Gasteiger partial charge in [0.15, 0.2) is 0 Å². The van der Waals surface area contributed by atoms with Crippen LogP contribution in [0.5, 0.6) is 5.75 Å². The second-order valence-corrected chi connectivity index (χ2v) is 18.1. The van der Waals surface area contributed by atoms with Crippen LogP contribution in [-0.4, -0.2) is 62.3 Å². The van der Waals surface area contributed by atoms with Crippen LogP contribution in [0.25, 0.3) is 22.0 Å². The second-order valence-electron chi connectivity index (χ2n) is 12.5. The third-order valence-corrected chi connectivity index (χ3v) is 9.69. The number of fused-ring (bicyclic) bond motifs is 1. The summed E-state index contributed by atoms with van der Waals surface area (Å²) in [6.45, 7) is 13.4. The van der Waals surface area contributed by atoms with E-state index in [9.17, 15) is 4.39 Å². The number of hydrogen-bond acceptors (Lipinski definition) is 4. The topological polar surface area (TPSA) is 39.5 Å². The molecule has 2 heterocycles. The van der Waals surface area contributed by atoms with Crippen LogP contribution >= 0.6 is 0 Å². The van der Waals surface area contributed by atoms with Gasteiger partial charge in [-0.15, -0.1) is 0 Å². The van der Waals surface area contributed by atoms with Gasteiger partial charge in [0.2, 0.25) is 0 Å². The molecular formula is C35H44FN3O2Si. The van der Waals surface area contributed by atoms with Crippen molar-refractivity contribution in [2.45, 2.75) is 45.8 Å². The fraction of sp³-hybridized carbons (Fsp3) is 0.400. The number of rotatable bonds is 14. The summed E-state index contributed by atoms with van der Waals surface area (Å²) >= 11 is 0. The summed E-state index contributed by atoms with van der Waals surface area (Å²) < 4.78 is 26.7. The first-order chi connectivity index (χ1) is 20.3. The Balaban J connectivity index is 1.38. The van der Waals surface area contributed by atoms with Gasteiger partial charge in [0.25, 0.3) is 0 Å². The Morgan fingerprint density at radius 2 is 1.67 bits per heavy atom. The molecule has 222 valence electrons. The molecule has 0 bridgehead atoms. The number of hydrogen-bond donors (Lipinski definition) is 0. The van der Waals surface area contributed by atoms with Crippen LogP contribution in [-0.2, 0) is 11.5 Å². The van der Waals surface area contributed by atoms with Gasteiger partial charge in [-0.25, -0.2) is 4.68 Å². The van der Waals surface area contributed by atoms with Crippen LogP contribution in [0.15, 0.2) is 79.0 Å². The van der Waals surface area contributed by atoms with Crippen molar-refractivity contribution in [1.82, 2.24) is 14.7 Å². The van der Waals surface area contributed by atoms with Crippen LogP contribution in [0.3, 0.4) is 0 Å². The molecule has 0 saturated carbocycles. The van der Waals surface area contributed by atoms with E-state index < -0.39 is 8.07 Å². The number of ether oxygens (including phenoxy) is 2. The van der Waals surface area contributed by atoms with Gasteiger partial charge < -0.3 is 9.47 Å². The van der Waals surface area contributed by atoms with Gasteiger partial charge in [0.1, 0.15) is 19.1 Å². The molecule has 1 aliphatic heterocycles. The first kappa shape index (κ1) is 30.2. The Morgan fingerprint density at radius 1 is 0.929 bits per heavy atom. The van der Waals surface area contributed by atoms with Gasteiger partial charge in [-0.3, -0.25) is 9.29 Å². The van der Waals surface area contributed by atoms with Crippen molar-refractivity contribution in [3.05, 3.63) is 95.7 Å². The van der Waals surface area contributed by atoms with Crippen LogP contribution < -0.4 is 4.74 Å². The molecule has 7 heteroatoms. The predicted molar refractivity (Wildman–Crippen MR) is 174 cm³/mol. The van der Waals surface area contributed by atoms with Crippen LogP contribution in [0, 0.1) is 5.92 Å². The minimum atomic E-state index is -1.13. The molecule has 0 N–H and O–H groups in total. The Hall–Kier alpha value is -3.26. The molecule has 5 rings (SSSR count). The van der Waals surface area contributed by atoms with Crippen molar-refractivity contribution >= 4 is 30.1 Å². The smallest absolute Gasteiger partial charge is 0.139 e. The first-order valence-electron chi connectivity index (χ1n) is 15.2. The fourth-order valence-electron chi connectivity index (χ4n) is 5.52. The second kappa shape index (κ2) is 13.8. The Morgan fingerprint density at radius 3 is 2.36 bits per heavy atom. The molecule has 0 amide bonds. The highest BCUT2D eigenvalue weighted by atomic mass is 28.3. The summed E-state index contributed by atoms with van der Waals surface area (Å²) in [5.74, 6) is 1.05.